The molecular weight excluding hydrogens is 374 g/mol. The first-order valence-electron chi connectivity index (χ1n) is 8.93. The van der Waals surface area contributed by atoms with Gasteiger partial charge in [-0.15, -0.1) is 0 Å². The number of urea groups is 1. The zero-order valence-electron chi connectivity index (χ0n) is 16.1. The molecule has 4 amide bonds. The van der Waals surface area contributed by atoms with E-state index in [9.17, 15) is 19.2 Å². The number of carbonyl (C=O) groups excluding carboxylic acids is 4. The lowest BCUT2D eigenvalue weighted by Gasteiger charge is -2.32. The quantitative estimate of drug-likeness (QED) is 0.591. The summed E-state index contributed by atoms with van der Waals surface area (Å²) in [5.74, 6) is -1.83. The van der Waals surface area contributed by atoms with Crippen LogP contribution in [-0.2, 0) is 26.4 Å². The molecule has 1 aliphatic heterocycles. The Balaban J connectivity index is 2.05. The van der Waals surface area contributed by atoms with Crippen LogP contribution in [0.3, 0.4) is 0 Å². The van der Waals surface area contributed by atoms with E-state index in [0.717, 1.165) is 10.5 Å². The second kappa shape index (κ2) is 7.75. The van der Waals surface area contributed by atoms with Gasteiger partial charge in [0.05, 0.1) is 7.11 Å². The normalized spacial score (nSPS) is 18.8. The number of imide groups is 1. The van der Waals surface area contributed by atoms with E-state index in [2.05, 4.69) is 4.74 Å². The first-order chi connectivity index (χ1) is 13.8. The van der Waals surface area contributed by atoms with Crippen molar-refractivity contribution in [3.8, 4) is 0 Å². The highest BCUT2D eigenvalue weighted by Crippen LogP contribution is 2.38. The molecule has 2 aromatic carbocycles. The molecule has 2 aromatic rings. The van der Waals surface area contributed by atoms with E-state index in [1.54, 1.807) is 19.1 Å². The average Bonchev–Trinajstić information content (AvgIpc) is 2.91. The van der Waals surface area contributed by atoms with E-state index < -0.39 is 35.9 Å². The third kappa shape index (κ3) is 3.56. The standard InChI is InChI=1S/C21H21N3O5/c1-21(16-10-8-15(9-11-16)18(22)26)19(27)23(13-17(25)29-2)20(28)24(21)12-14-6-4-3-5-7-14/h3-11H,12-13H2,1-2H3,(H2,22,26). The van der Waals surface area contributed by atoms with Gasteiger partial charge in [-0.2, -0.15) is 0 Å². The highest BCUT2D eigenvalue weighted by molar-refractivity contribution is 6.09. The molecule has 0 aliphatic carbocycles. The van der Waals surface area contributed by atoms with Gasteiger partial charge >= 0.3 is 12.0 Å². The summed E-state index contributed by atoms with van der Waals surface area (Å²) >= 11 is 0. The Kier molecular flexibility index (Phi) is 5.36. The van der Waals surface area contributed by atoms with Crippen LogP contribution < -0.4 is 5.73 Å². The Morgan fingerprint density at radius 2 is 1.66 bits per heavy atom. The maximum Gasteiger partial charge on any atom is 0.328 e. The molecule has 150 valence electrons. The van der Waals surface area contributed by atoms with Crippen molar-refractivity contribution < 1.29 is 23.9 Å². The van der Waals surface area contributed by atoms with Crippen LogP contribution in [0.4, 0.5) is 4.79 Å². The van der Waals surface area contributed by atoms with Gasteiger partial charge in [0, 0.05) is 12.1 Å². The summed E-state index contributed by atoms with van der Waals surface area (Å²) in [6, 6.07) is 14.8. The number of nitrogens with two attached hydrogens (primary N) is 1. The maximum atomic E-state index is 13.3. The van der Waals surface area contributed by atoms with Crippen molar-refractivity contribution in [1.82, 2.24) is 9.80 Å². The number of methoxy groups -OCH3 is 1. The number of nitrogens with zero attached hydrogens (tertiary/aromatic N) is 2. The van der Waals surface area contributed by atoms with Gasteiger partial charge < -0.3 is 15.4 Å². The lowest BCUT2D eigenvalue weighted by molar-refractivity contribution is -0.145. The van der Waals surface area contributed by atoms with Crippen molar-refractivity contribution in [3.63, 3.8) is 0 Å². The Hall–Kier alpha value is -3.68. The molecule has 8 heteroatoms. The molecule has 0 aromatic heterocycles. The predicted octanol–water partition coefficient (Wildman–Crippen LogP) is 1.64. The molecular formula is C21H21N3O5. The van der Waals surface area contributed by atoms with Crippen molar-refractivity contribution in [1.29, 1.82) is 0 Å². The highest BCUT2D eigenvalue weighted by atomic mass is 16.5. The Morgan fingerprint density at radius 3 is 2.21 bits per heavy atom. The van der Waals surface area contributed by atoms with Gasteiger partial charge in [-0.3, -0.25) is 19.3 Å². The monoisotopic (exact) mass is 395 g/mol. The molecule has 1 heterocycles. The molecule has 0 spiro atoms. The predicted molar refractivity (Wildman–Crippen MR) is 103 cm³/mol. The largest absolute Gasteiger partial charge is 0.468 e. The smallest absolute Gasteiger partial charge is 0.328 e. The van der Waals surface area contributed by atoms with Gasteiger partial charge in [-0.05, 0) is 30.2 Å². The first kappa shape index (κ1) is 20.1. The maximum absolute atomic E-state index is 13.3. The molecule has 3 rings (SSSR count). The molecule has 29 heavy (non-hydrogen) atoms. The van der Waals surface area contributed by atoms with Gasteiger partial charge in [0.1, 0.15) is 12.1 Å². The fourth-order valence-corrected chi connectivity index (χ4v) is 3.37. The van der Waals surface area contributed by atoms with Crippen LogP contribution in [0.2, 0.25) is 0 Å². The van der Waals surface area contributed by atoms with Crippen molar-refractivity contribution in [3.05, 3.63) is 71.3 Å². The van der Waals surface area contributed by atoms with Crippen LogP contribution in [-0.4, -0.2) is 47.3 Å². The zero-order valence-corrected chi connectivity index (χ0v) is 16.1. The molecule has 2 N–H and O–H groups in total. The van der Waals surface area contributed by atoms with Gasteiger partial charge in [0.2, 0.25) is 5.91 Å². The van der Waals surface area contributed by atoms with Crippen molar-refractivity contribution in [2.45, 2.75) is 19.0 Å². The molecule has 1 atom stereocenters. The van der Waals surface area contributed by atoms with Crippen LogP contribution in [0.1, 0.15) is 28.4 Å². The summed E-state index contributed by atoms with van der Waals surface area (Å²) < 4.78 is 4.62. The third-order valence-electron chi connectivity index (χ3n) is 5.09. The molecule has 1 saturated heterocycles. The zero-order chi connectivity index (χ0) is 21.2. The molecule has 1 unspecified atom stereocenters. The third-order valence-corrected chi connectivity index (χ3v) is 5.09. The number of hydrogen-bond donors (Lipinski definition) is 1. The van der Waals surface area contributed by atoms with Crippen molar-refractivity contribution in [2.75, 3.05) is 13.7 Å². The summed E-state index contributed by atoms with van der Waals surface area (Å²) in [7, 11) is 1.19. The molecule has 1 aliphatic rings. The fourth-order valence-electron chi connectivity index (χ4n) is 3.37. The minimum Gasteiger partial charge on any atom is -0.468 e. The number of hydrogen-bond acceptors (Lipinski definition) is 5. The topological polar surface area (TPSA) is 110 Å². The van der Waals surface area contributed by atoms with Crippen molar-refractivity contribution >= 4 is 23.8 Å². The van der Waals surface area contributed by atoms with Gasteiger partial charge in [0.25, 0.3) is 5.91 Å². The van der Waals surface area contributed by atoms with Crippen LogP contribution in [0.5, 0.6) is 0 Å². The second-order valence-corrected chi connectivity index (χ2v) is 6.84. The first-order valence-corrected chi connectivity index (χ1v) is 8.93. The van der Waals surface area contributed by atoms with Crippen LogP contribution in [0, 0.1) is 0 Å². The van der Waals surface area contributed by atoms with Crippen LogP contribution in [0.25, 0.3) is 0 Å². The van der Waals surface area contributed by atoms with Crippen LogP contribution in [0.15, 0.2) is 54.6 Å². The number of esters is 1. The van der Waals surface area contributed by atoms with E-state index in [-0.39, 0.29) is 12.1 Å². The molecule has 0 bridgehead atoms. The van der Waals surface area contributed by atoms with Gasteiger partial charge in [0.15, 0.2) is 0 Å². The van der Waals surface area contributed by atoms with E-state index in [0.29, 0.717) is 5.56 Å². The highest BCUT2D eigenvalue weighted by Gasteiger charge is 2.55. The van der Waals surface area contributed by atoms with E-state index >= 15 is 0 Å². The number of ether oxygens (including phenoxy) is 1. The van der Waals surface area contributed by atoms with E-state index in [1.807, 2.05) is 30.3 Å². The van der Waals surface area contributed by atoms with Crippen molar-refractivity contribution in [2.24, 2.45) is 5.73 Å². The SMILES string of the molecule is COC(=O)CN1C(=O)N(Cc2ccccc2)C(C)(c2ccc(C(N)=O)cc2)C1=O. The summed E-state index contributed by atoms with van der Waals surface area (Å²) in [5, 5.41) is 0. The van der Waals surface area contributed by atoms with E-state index in [4.69, 9.17) is 5.73 Å². The lowest BCUT2D eigenvalue weighted by atomic mass is 9.89. The molecule has 0 saturated carbocycles. The summed E-state index contributed by atoms with van der Waals surface area (Å²) in [4.78, 5) is 51.8. The summed E-state index contributed by atoms with van der Waals surface area (Å²) in [5.41, 5.74) is 5.55. The number of benzene rings is 2. The Bertz CT molecular complexity index is 958. The minimum atomic E-state index is -1.36. The molecule has 8 nitrogen and oxygen atoms in total. The summed E-state index contributed by atoms with van der Waals surface area (Å²) in [6.45, 7) is 1.30. The number of amides is 4. The van der Waals surface area contributed by atoms with Gasteiger partial charge in [-0.1, -0.05) is 42.5 Å². The Labute approximate surface area is 167 Å². The number of carbonyl (C=O) groups is 4. The minimum absolute atomic E-state index is 0.164. The van der Waals surface area contributed by atoms with Crippen LogP contribution >= 0.6 is 0 Å². The van der Waals surface area contributed by atoms with E-state index in [1.165, 1.54) is 24.1 Å². The number of rotatable bonds is 6. The second-order valence-electron chi connectivity index (χ2n) is 6.84. The molecule has 0 radical (unpaired) electrons. The molecule has 1 fully saturated rings. The fraction of sp³-hybridized carbons (Fsp3) is 0.238. The summed E-state index contributed by atoms with van der Waals surface area (Å²) in [6.07, 6.45) is 0. The Morgan fingerprint density at radius 1 is 1.03 bits per heavy atom. The average molecular weight is 395 g/mol. The lowest BCUT2D eigenvalue weighted by Crippen LogP contribution is -2.44. The number of primary amides is 1. The van der Waals surface area contributed by atoms with Gasteiger partial charge in [-0.25, -0.2) is 4.79 Å².